The average Bonchev–Trinajstić information content (AvgIpc) is 2.60. The van der Waals surface area contributed by atoms with E-state index in [4.69, 9.17) is 8.92 Å². The first-order valence-electron chi connectivity index (χ1n) is 8.69. The summed E-state index contributed by atoms with van der Waals surface area (Å²) in [7, 11) is 1.71. The van der Waals surface area contributed by atoms with E-state index in [1.807, 2.05) is 36.5 Å². The molecule has 0 bridgehead atoms. The highest BCUT2D eigenvalue weighted by Gasteiger charge is 2.37. The molecule has 0 radical (unpaired) electrons. The molecule has 1 amide bonds. The molecule has 1 saturated heterocycles. The van der Waals surface area contributed by atoms with Crippen LogP contribution in [0.15, 0.2) is 34.7 Å². The molecule has 0 saturated carbocycles. The van der Waals surface area contributed by atoms with E-state index >= 15 is 0 Å². The number of likely N-dealkylation sites (tertiary alicyclic amines) is 1. The monoisotopic (exact) mass is 365 g/mol. The highest BCUT2D eigenvalue weighted by atomic mass is 32.2. The lowest BCUT2D eigenvalue weighted by molar-refractivity contribution is 0.0867. The first-order valence-corrected chi connectivity index (χ1v) is 9.79. The van der Waals surface area contributed by atoms with Gasteiger partial charge in [0.2, 0.25) is 0 Å². The number of carbonyl (C=O) groups excluding carboxylic acids is 1. The number of amides is 1. The second-order valence-electron chi connectivity index (χ2n) is 7.15. The number of benzene rings is 1. The number of piperidine rings is 1. The Balaban J connectivity index is 1.76. The third kappa shape index (κ3) is 6.36. The minimum absolute atomic E-state index is 0.00714. The van der Waals surface area contributed by atoms with Crippen molar-refractivity contribution in [2.75, 3.05) is 20.2 Å². The van der Waals surface area contributed by atoms with Gasteiger partial charge in [-0.25, -0.2) is 4.79 Å². The van der Waals surface area contributed by atoms with E-state index in [1.165, 1.54) is 0 Å². The van der Waals surface area contributed by atoms with E-state index in [9.17, 15) is 4.79 Å². The fraction of sp³-hybridized carbons (Fsp3) is 0.579. The van der Waals surface area contributed by atoms with Crippen LogP contribution < -0.4 is 0 Å². The van der Waals surface area contributed by atoms with Crippen molar-refractivity contribution in [3.05, 3.63) is 35.9 Å². The molecule has 138 valence electrons. The van der Waals surface area contributed by atoms with Crippen molar-refractivity contribution in [1.82, 2.24) is 4.90 Å². The number of ether oxygens (including phenoxy) is 1. The molecule has 0 N–H and O–H groups in total. The Morgan fingerprint density at radius 3 is 2.48 bits per heavy atom. The minimum Gasteiger partial charge on any atom is -0.445 e. The average molecular weight is 366 g/mol. The molecule has 1 heterocycles. The summed E-state index contributed by atoms with van der Waals surface area (Å²) in [5, 5.41) is 0. The van der Waals surface area contributed by atoms with Gasteiger partial charge in [-0.1, -0.05) is 30.3 Å². The van der Waals surface area contributed by atoms with Crippen LogP contribution in [-0.4, -0.2) is 42.2 Å². The van der Waals surface area contributed by atoms with Crippen LogP contribution >= 0.6 is 0 Å². The molecule has 25 heavy (non-hydrogen) atoms. The summed E-state index contributed by atoms with van der Waals surface area (Å²) in [5.41, 5.74) is 1.01. The molecule has 2 rings (SSSR count). The van der Waals surface area contributed by atoms with Crippen LogP contribution in [0.4, 0.5) is 4.79 Å². The van der Waals surface area contributed by atoms with E-state index in [0.717, 1.165) is 18.4 Å². The molecule has 0 aromatic heterocycles. The highest BCUT2D eigenvalue weighted by molar-refractivity contribution is 7.92. The molecule has 0 aliphatic carbocycles. The molecule has 1 aromatic rings. The van der Waals surface area contributed by atoms with Crippen molar-refractivity contribution < 1.29 is 13.7 Å². The maximum atomic E-state index is 12.2. The lowest BCUT2D eigenvalue weighted by Gasteiger charge is -2.29. The van der Waals surface area contributed by atoms with Gasteiger partial charge in [0.15, 0.2) is 4.75 Å². The van der Waals surface area contributed by atoms with Crippen molar-refractivity contribution in [3.63, 3.8) is 0 Å². The van der Waals surface area contributed by atoms with Gasteiger partial charge in [0.25, 0.3) is 11.4 Å². The fourth-order valence-electron chi connectivity index (χ4n) is 2.63. The molecule has 5 nitrogen and oxygen atoms in total. The summed E-state index contributed by atoms with van der Waals surface area (Å²) in [4.78, 5) is 14.0. The summed E-state index contributed by atoms with van der Waals surface area (Å²) in [6.45, 7) is 8.12. The Hall–Kier alpha value is -1.53. The Morgan fingerprint density at radius 2 is 1.92 bits per heavy atom. The summed E-state index contributed by atoms with van der Waals surface area (Å²) in [6, 6.07) is 9.75. The van der Waals surface area contributed by atoms with Crippen molar-refractivity contribution >= 4 is 23.7 Å². The molecule has 0 spiro atoms. The van der Waals surface area contributed by atoms with Gasteiger partial charge in [0.05, 0.1) is 13.3 Å². The van der Waals surface area contributed by atoms with Crippen LogP contribution in [0.5, 0.6) is 0 Å². The molecule has 1 aromatic carbocycles. The molecular weight excluding hydrogens is 336 g/mol. The standard InChI is InChI=1S/C19H29N2O3S/c1-19(2,3)25(23-4)20-14-16-10-12-21(13-11-16)18(22)24-15-17-8-6-5-7-9-17/h5-9,14,16H,10-13,15H2,1-4H3/q+1/b20-14+. The molecule has 6 heteroatoms. The molecule has 1 unspecified atom stereocenters. The Morgan fingerprint density at radius 1 is 1.28 bits per heavy atom. The van der Waals surface area contributed by atoms with Crippen molar-refractivity contribution in [2.24, 2.45) is 10.3 Å². The fourth-order valence-corrected chi connectivity index (χ4v) is 3.82. The number of hydrogen-bond donors (Lipinski definition) is 0. The van der Waals surface area contributed by atoms with Crippen LogP contribution in [0.3, 0.4) is 0 Å². The van der Waals surface area contributed by atoms with E-state index < -0.39 is 11.4 Å². The molecule has 1 fully saturated rings. The van der Waals surface area contributed by atoms with Gasteiger partial charge in [-0.2, -0.15) is 0 Å². The van der Waals surface area contributed by atoms with Gasteiger partial charge in [-0.3, -0.25) is 0 Å². The molecular formula is C19H29N2O3S+. The normalized spacial score (nSPS) is 17.7. The van der Waals surface area contributed by atoms with E-state index in [0.29, 0.717) is 25.6 Å². The van der Waals surface area contributed by atoms with Gasteiger partial charge in [0, 0.05) is 19.0 Å². The molecule has 1 aliphatic heterocycles. The largest absolute Gasteiger partial charge is 0.445 e. The third-order valence-corrected chi connectivity index (χ3v) is 5.73. The zero-order valence-corrected chi connectivity index (χ0v) is 16.4. The number of nitrogens with zero attached hydrogens (tertiary/aromatic N) is 2. The SMILES string of the molecule is CO[S+](/N=C/C1CCN(C(=O)OCc2ccccc2)CC1)C(C)(C)C. The van der Waals surface area contributed by atoms with Crippen LogP contribution in [0.1, 0.15) is 39.2 Å². The predicted octanol–water partition coefficient (Wildman–Crippen LogP) is 4.00. The van der Waals surface area contributed by atoms with E-state index in [1.54, 1.807) is 12.0 Å². The first-order chi connectivity index (χ1) is 11.9. The van der Waals surface area contributed by atoms with Crippen LogP contribution in [0.2, 0.25) is 0 Å². The quantitative estimate of drug-likeness (QED) is 0.585. The van der Waals surface area contributed by atoms with Crippen LogP contribution in [0, 0.1) is 5.92 Å². The van der Waals surface area contributed by atoms with Crippen LogP contribution in [-0.2, 0) is 26.9 Å². The number of hydrogen-bond acceptors (Lipinski definition) is 4. The maximum absolute atomic E-state index is 12.2. The summed E-state index contributed by atoms with van der Waals surface area (Å²) >= 11 is -0.428. The van der Waals surface area contributed by atoms with Crippen molar-refractivity contribution in [3.8, 4) is 0 Å². The lowest BCUT2D eigenvalue weighted by atomic mass is 9.99. The van der Waals surface area contributed by atoms with Gasteiger partial charge < -0.3 is 9.64 Å². The Kier molecular flexibility index (Phi) is 7.32. The third-order valence-electron chi connectivity index (χ3n) is 4.05. The van der Waals surface area contributed by atoms with E-state index in [-0.39, 0.29) is 10.8 Å². The Bertz CT molecular complexity index is 564. The molecule has 1 atom stereocenters. The van der Waals surface area contributed by atoms with E-state index in [2.05, 4.69) is 25.2 Å². The number of rotatable bonds is 5. The topological polar surface area (TPSA) is 51.1 Å². The van der Waals surface area contributed by atoms with Gasteiger partial charge in [0.1, 0.15) is 6.61 Å². The summed E-state index contributed by atoms with van der Waals surface area (Å²) in [6.07, 6.45) is 3.61. The predicted molar refractivity (Wildman–Crippen MR) is 104 cm³/mol. The maximum Gasteiger partial charge on any atom is 0.410 e. The van der Waals surface area contributed by atoms with Crippen LogP contribution in [0.25, 0.3) is 0 Å². The van der Waals surface area contributed by atoms with Crippen molar-refractivity contribution in [1.29, 1.82) is 0 Å². The van der Waals surface area contributed by atoms with Crippen molar-refractivity contribution in [2.45, 2.75) is 45.0 Å². The molecule has 1 aliphatic rings. The Labute approximate surface area is 154 Å². The summed E-state index contributed by atoms with van der Waals surface area (Å²) < 4.78 is 15.5. The minimum atomic E-state index is -0.428. The van der Waals surface area contributed by atoms with Gasteiger partial charge in [-0.15, -0.1) is 4.18 Å². The second kappa shape index (κ2) is 9.25. The van der Waals surface area contributed by atoms with Gasteiger partial charge in [-0.05, 0) is 43.6 Å². The second-order valence-corrected chi connectivity index (χ2v) is 9.41. The summed E-state index contributed by atoms with van der Waals surface area (Å²) in [5.74, 6) is 0.394. The smallest absolute Gasteiger partial charge is 0.410 e. The zero-order chi connectivity index (χ0) is 18.3. The lowest BCUT2D eigenvalue weighted by Crippen LogP contribution is -2.39. The van der Waals surface area contributed by atoms with Gasteiger partial charge >= 0.3 is 6.09 Å². The highest BCUT2D eigenvalue weighted by Crippen LogP contribution is 2.22. The number of carbonyl (C=O) groups is 1. The first kappa shape index (κ1) is 19.8. The zero-order valence-electron chi connectivity index (χ0n) is 15.6.